The Kier molecular flexibility index (Phi) is 3.24. The van der Waals surface area contributed by atoms with Crippen LogP contribution in [0.2, 0.25) is 0 Å². The van der Waals surface area contributed by atoms with Crippen LogP contribution in [0.5, 0.6) is 0 Å². The Morgan fingerprint density at radius 3 is 2.95 bits per heavy atom. The molecule has 0 bridgehead atoms. The first-order valence-corrected chi connectivity index (χ1v) is 6.18. The van der Waals surface area contributed by atoms with Crippen molar-refractivity contribution in [3.8, 4) is 0 Å². The average Bonchev–Trinajstić information content (AvgIpc) is 3.10. The van der Waals surface area contributed by atoms with E-state index in [0.717, 1.165) is 12.0 Å². The number of H-pyrrole nitrogens is 1. The highest BCUT2D eigenvalue weighted by Gasteiger charge is 2.35. The molecule has 6 heteroatoms. The van der Waals surface area contributed by atoms with Gasteiger partial charge in [0.2, 0.25) is 0 Å². The van der Waals surface area contributed by atoms with E-state index < -0.39 is 6.10 Å². The summed E-state index contributed by atoms with van der Waals surface area (Å²) in [7, 11) is 0. The van der Waals surface area contributed by atoms with Crippen LogP contribution >= 0.6 is 0 Å². The van der Waals surface area contributed by atoms with E-state index in [-0.39, 0.29) is 11.8 Å². The Morgan fingerprint density at radius 2 is 2.21 bits per heavy atom. The number of carbonyl (C=O) groups is 1. The van der Waals surface area contributed by atoms with Gasteiger partial charge in [-0.2, -0.15) is 10.3 Å². The summed E-state index contributed by atoms with van der Waals surface area (Å²) in [6.45, 7) is 0.594. The average molecular weight is 258 g/mol. The minimum atomic E-state index is -0.473. The molecule has 1 aliphatic heterocycles. The van der Waals surface area contributed by atoms with E-state index in [1.165, 1.54) is 6.20 Å². The lowest BCUT2D eigenvalue weighted by atomic mass is 9.92. The van der Waals surface area contributed by atoms with Gasteiger partial charge in [-0.05, 0) is 12.0 Å². The highest BCUT2D eigenvalue weighted by atomic mass is 16.5. The molecular formula is C13H14N4O2. The van der Waals surface area contributed by atoms with Crippen molar-refractivity contribution in [3.63, 3.8) is 0 Å². The summed E-state index contributed by atoms with van der Waals surface area (Å²) < 4.78 is 5.56. The molecular weight excluding hydrogens is 244 g/mol. The van der Waals surface area contributed by atoms with Crippen LogP contribution in [0.3, 0.4) is 0 Å². The molecule has 0 unspecified atom stereocenters. The molecule has 3 rings (SSSR count). The van der Waals surface area contributed by atoms with Crippen molar-refractivity contribution < 1.29 is 9.53 Å². The number of amides is 1. The van der Waals surface area contributed by atoms with Crippen molar-refractivity contribution in [1.82, 2.24) is 15.4 Å². The highest BCUT2D eigenvalue weighted by Crippen LogP contribution is 2.31. The van der Waals surface area contributed by atoms with Crippen molar-refractivity contribution in [3.05, 3.63) is 42.1 Å². The highest BCUT2D eigenvalue weighted by molar-refractivity contribution is 5.94. The van der Waals surface area contributed by atoms with Gasteiger partial charge in [-0.1, -0.05) is 30.3 Å². The number of benzene rings is 1. The van der Waals surface area contributed by atoms with E-state index in [1.54, 1.807) is 0 Å². The van der Waals surface area contributed by atoms with Crippen LogP contribution in [0.4, 0.5) is 5.82 Å². The number of nitrogens with one attached hydrogen (secondary N) is 2. The lowest BCUT2D eigenvalue weighted by molar-refractivity contribution is -0.125. The Balaban J connectivity index is 1.74. The predicted octanol–water partition coefficient (Wildman–Crippen LogP) is 1.32. The smallest absolute Gasteiger partial charge is 0.255 e. The maximum Gasteiger partial charge on any atom is 0.255 e. The maximum absolute atomic E-state index is 12.2. The van der Waals surface area contributed by atoms with Gasteiger partial charge in [0.05, 0.1) is 6.20 Å². The van der Waals surface area contributed by atoms with Crippen LogP contribution in [0.25, 0.3) is 0 Å². The summed E-state index contributed by atoms with van der Waals surface area (Å²) in [4.78, 5) is 12.2. The second kappa shape index (κ2) is 5.19. The van der Waals surface area contributed by atoms with Crippen LogP contribution in [0, 0.1) is 0 Å². The standard InChI is InChI=1S/C13H14N4O2/c18-13(15-11-8-14-17-16-11)12-10(6-7-19-12)9-4-2-1-3-5-9/h1-5,8,10,12H,6-7H2,(H2,14,15,16,17,18)/t10-,12-/m1/s1. The second-order valence-electron chi connectivity index (χ2n) is 4.44. The Labute approximate surface area is 110 Å². The molecule has 0 radical (unpaired) electrons. The molecule has 0 saturated carbocycles. The number of anilines is 1. The third kappa shape index (κ3) is 2.48. The summed E-state index contributed by atoms with van der Waals surface area (Å²) in [5.74, 6) is 0.320. The number of aromatic nitrogens is 3. The summed E-state index contributed by atoms with van der Waals surface area (Å²) >= 11 is 0. The molecule has 98 valence electrons. The van der Waals surface area contributed by atoms with Crippen molar-refractivity contribution in [2.45, 2.75) is 18.4 Å². The Hall–Kier alpha value is -2.21. The zero-order valence-electron chi connectivity index (χ0n) is 10.2. The third-order valence-corrected chi connectivity index (χ3v) is 3.24. The Morgan fingerprint density at radius 1 is 1.37 bits per heavy atom. The largest absolute Gasteiger partial charge is 0.368 e. The maximum atomic E-state index is 12.2. The molecule has 2 N–H and O–H groups in total. The molecule has 6 nitrogen and oxygen atoms in total. The lowest BCUT2D eigenvalue weighted by Gasteiger charge is -2.17. The fraction of sp³-hybridized carbons (Fsp3) is 0.308. The van der Waals surface area contributed by atoms with E-state index in [0.29, 0.717) is 12.4 Å². The minimum absolute atomic E-state index is 0.0908. The lowest BCUT2D eigenvalue weighted by Crippen LogP contribution is -2.31. The normalized spacial score (nSPS) is 22.3. The summed E-state index contributed by atoms with van der Waals surface area (Å²) in [5, 5.41) is 12.6. The number of rotatable bonds is 3. The fourth-order valence-electron chi connectivity index (χ4n) is 2.35. The molecule has 2 atom stereocenters. The topological polar surface area (TPSA) is 79.9 Å². The molecule has 1 aromatic carbocycles. The van der Waals surface area contributed by atoms with Crippen molar-refractivity contribution >= 4 is 11.7 Å². The van der Waals surface area contributed by atoms with Gasteiger partial charge >= 0.3 is 0 Å². The molecule has 2 aromatic rings. The van der Waals surface area contributed by atoms with E-state index in [1.807, 2.05) is 30.3 Å². The van der Waals surface area contributed by atoms with Gasteiger partial charge in [0.1, 0.15) is 6.10 Å². The predicted molar refractivity (Wildman–Crippen MR) is 68.6 cm³/mol. The van der Waals surface area contributed by atoms with Crippen LogP contribution in [-0.4, -0.2) is 34.0 Å². The van der Waals surface area contributed by atoms with Gasteiger partial charge in [-0.3, -0.25) is 4.79 Å². The number of nitrogens with zero attached hydrogens (tertiary/aromatic N) is 2. The van der Waals surface area contributed by atoms with Crippen LogP contribution in [-0.2, 0) is 9.53 Å². The number of hydrogen-bond acceptors (Lipinski definition) is 4. The van der Waals surface area contributed by atoms with Gasteiger partial charge < -0.3 is 10.1 Å². The summed E-state index contributed by atoms with van der Waals surface area (Å²) in [6.07, 6.45) is 1.84. The molecule has 1 fully saturated rings. The monoisotopic (exact) mass is 258 g/mol. The zero-order valence-corrected chi connectivity index (χ0v) is 10.2. The summed E-state index contributed by atoms with van der Waals surface area (Å²) in [6, 6.07) is 9.95. The third-order valence-electron chi connectivity index (χ3n) is 3.24. The van der Waals surface area contributed by atoms with E-state index in [4.69, 9.17) is 4.74 Å². The quantitative estimate of drug-likeness (QED) is 0.870. The van der Waals surface area contributed by atoms with Gasteiger partial charge in [0, 0.05) is 12.5 Å². The molecule has 0 spiro atoms. The first-order valence-electron chi connectivity index (χ1n) is 6.18. The number of ether oxygens (including phenoxy) is 1. The number of aromatic amines is 1. The number of carbonyl (C=O) groups excluding carboxylic acids is 1. The van der Waals surface area contributed by atoms with Crippen molar-refractivity contribution in [1.29, 1.82) is 0 Å². The molecule has 0 aliphatic carbocycles. The first-order chi connectivity index (χ1) is 9.34. The SMILES string of the molecule is O=C(Nc1cn[nH]n1)[C@@H]1OCC[C@@H]1c1ccccc1. The van der Waals surface area contributed by atoms with Gasteiger partial charge in [0.25, 0.3) is 5.91 Å². The van der Waals surface area contributed by atoms with E-state index >= 15 is 0 Å². The van der Waals surface area contributed by atoms with E-state index in [2.05, 4.69) is 20.7 Å². The van der Waals surface area contributed by atoms with Gasteiger partial charge in [-0.15, -0.1) is 5.10 Å². The van der Waals surface area contributed by atoms with Crippen LogP contribution in [0.1, 0.15) is 17.9 Å². The molecule has 19 heavy (non-hydrogen) atoms. The van der Waals surface area contributed by atoms with Crippen molar-refractivity contribution in [2.24, 2.45) is 0 Å². The minimum Gasteiger partial charge on any atom is -0.368 e. The number of hydrogen-bond donors (Lipinski definition) is 2. The van der Waals surface area contributed by atoms with Crippen LogP contribution < -0.4 is 5.32 Å². The molecule has 1 aromatic heterocycles. The molecule has 1 saturated heterocycles. The Bertz CT molecular complexity index is 541. The molecule has 1 amide bonds. The zero-order chi connectivity index (χ0) is 13.1. The van der Waals surface area contributed by atoms with Gasteiger partial charge in [0.15, 0.2) is 5.82 Å². The first kappa shape index (κ1) is 11.9. The molecule has 2 heterocycles. The summed E-state index contributed by atoms with van der Waals surface area (Å²) in [5.41, 5.74) is 1.13. The van der Waals surface area contributed by atoms with Crippen molar-refractivity contribution in [2.75, 3.05) is 11.9 Å². The second-order valence-corrected chi connectivity index (χ2v) is 4.44. The van der Waals surface area contributed by atoms with E-state index in [9.17, 15) is 4.79 Å². The fourth-order valence-corrected chi connectivity index (χ4v) is 2.35. The van der Waals surface area contributed by atoms with Gasteiger partial charge in [-0.25, -0.2) is 0 Å². The van der Waals surface area contributed by atoms with Crippen LogP contribution in [0.15, 0.2) is 36.5 Å². The molecule has 1 aliphatic rings.